The van der Waals surface area contributed by atoms with E-state index in [1.54, 1.807) is 48.5 Å². The lowest BCUT2D eigenvalue weighted by atomic mass is 9.81. The van der Waals surface area contributed by atoms with Crippen molar-refractivity contribution in [3.05, 3.63) is 155 Å². The number of benzene rings is 5. The maximum Gasteiger partial charge on any atom is 0.115 e. The molecule has 5 rings (SSSR count). The van der Waals surface area contributed by atoms with Gasteiger partial charge in [-0.1, -0.05) is 138 Å². The first-order chi connectivity index (χ1) is 25.7. The third kappa shape index (κ3) is 12.2. The molecule has 3 N–H and O–H groups in total. The summed E-state index contributed by atoms with van der Waals surface area (Å²) >= 11 is 0. The Morgan fingerprint density at radius 2 is 0.585 bits per heavy atom. The van der Waals surface area contributed by atoms with Crippen LogP contribution in [-0.2, 0) is 0 Å². The first-order valence-corrected chi connectivity index (χ1v) is 19.8. The number of aromatic hydroxyl groups is 3. The van der Waals surface area contributed by atoms with Gasteiger partial charge in [0.15, 0.2) is 0 Å². The van der Waals surface area contributed by atoms with Crippen molar-refractivity contribution in [3.8, 4) is 23.0 Å². The van der Waals surface area contributed by atoms with Gasteiger partial charge in [-0.2, -0.15) is 0 Å². The van der Waals surface area contributed by atoms with Gasteiger partial charge >= 0.3 is 0 Å². The van der Waals surface area contributed by atoms with E-state index >= 15 is 0 Å². The largest absolute Gasteiger partial charge is 0.872 e. The monoisotopic (exact) mass is 715 g/mol. The van der Waals surface area contributed by atoms with Crippen LogP contribution in [0.3, 0.4) is 0 Å². The predicted octanol–water partition coefficient (Wildman–Crippen LogP) is 11.2. The molecule has 0 fully saturated rings. The number of rotatable bonds is 18. The Labute approximate surface area is 318 Å². The van der Waals surface area contributed by atoms with Crippen LogP contribution in [0.25, 0.3) is 0 Å². The summed E-state index contributed by atoms with van der Waals surface area (Å²) in [5.74, 6) is 0.379. The number of hydrogen-bond donors (Lipinski definition) is 3. The van der Waals surface area contributed by atoms with E-state index in [-0.39, 0.29) is 34.8 Å². The highest BCUT2D eigenvalue weighted by molar-refractivity contribution is 5.49. The van der Waals surface area contributed by atoms with E-state index in [4.69, 9.17) is 0 Å². The summed E-state index contributed by atoms with van der Waals surface area (Å²) in [5, 5.41) is 41.1. The third-order valence-corrected chi connectivity index (χ3v) is 10.4. The number of phenols is 3. The zero-order valence-electron chi connectivity index (χ0n) is 32.4. The number of nitrogens with zero attached hydrogens (tertiary/aromatic N) is 1. The number of phenolic OH excluding ortho intramolecular Hbond substituents is 3. The van der Waals surface area contributed by atoms with E-state index < -0.39 is 0 Å². The summed E-state index contributed by atoms with van der Waals surface area (Å²) in [4.78, 5) is 0. The summed E-state index contributed by atoms with van der Waals surface area (Å²) in [6.07, 6.45) is 11.1. The van der Waals surface area contributed by atoms with E-state index in [1.807, 2.05) is 48.5 Å². The summed E-state index contributed by atoms with van der Waals surface area (Å²) < 4.78 is 1.42. The molecule has 0 aromatic heterocycles. The van der Waals surface area contributed by atoms with Crippen LogP contribution in [0.1, 0.15) is 124 Å². The topological polar surface area (TPSA) is 83.8 Å². The van der Waals surface area contributed by atoms with Crippen molar-refractivity contribution in [2.45, 2.75) is 90.9 Å². The van der Waals surface area contributed by atoms with Crippen LogP contribution in [-0.4, -0.2) is 46.0 Å². The van der Waals surface area contributed by atoms with Crippen LogP contribution in [0.2, 0.25) is 0 Å². The second-order valence-electron chi connectivity index (χ2n) is 14.5. The molecule has 0 bridgehead atoms. The van der Waals surface area contributed by atoms with Crippen molar-refractivity contribution in [1.82, 2.24) is 0 Å². The first-order valence-electron chi connectivity index (χ1n) is 19.8. The molecule has 5 aromatic rings. The van der Waals surface area contributed by atoms with Gasteiger partial charge in [-0.05, 0) is 95.5 Å². The first kappa shape index (κ1) is 41.0. The molecule has 1 atom stereocenters. The summed E-state index contributed by atoms with van der Waals surface area (Å²) in [6, 6.07) is 36.7. The summed E-state index contributed by atoms with van der Waals surface area (Å²) in [7, 11) is 0. The zero-order valence-corrected chi connectivity index (χ0v) is 32.4. The number of hydrogen-bond acceptors (Lipinski definition) is 4. The molecule has 0 spiro atoms. The molecule has 5 nitrogen and oxygen atoms in total. The van der Waals surface area contributed by atoms with E-state index in [0.717, 1.165) is 33.4 Å². The van der Waals surface area contributed by atoms with Gasteiger partial charge in [0, 0.05) is 11.8 Å². The minimum absolute atomic E-state index is 0.0378. The quantitative estimate of drug-likeness (QED) is 0.0623. The lowest BCUT2D eigenvalue weighted by molar-refractivity contribution is -0.929. The average molecular weight is 716 g/mol. The van der Waals surface area contributed by atoms with E-state index in [0.29, 0.717) is 0 Å². The van der Waals surface area contributed by atoms with Crippen LogP contribution in [0.5, 0.6) is 23.0 Å². The van der Waals surface area contributed by atoms with E-state index in [9.17, 15) is 20.4 Å². The molecule has 0 aliphatic carbocycles. The SMILES string of the molecule is CCCC[N+](CCCC)(CCCC)CCCC.[O-]c1ccc(C(c2ccc(O)cc2)c2ccc(C(c3ccc(O)cc3)c3ccc(O)cc3)cc2)cc1. The molecule has 0 heterocycles. The van der Waals surface area contributed by atoms with Crippen molar-refractivity contribution in [2.75, 3.05) is 26.2 Å². The van der Waals surface area contributed by atoms with Gasteiger partial charge in [-0.15, -0.1) is 5.75 Å². The molecule has 282 valence electrons. The summed E-state index contributed by atoms with van der Waals surface area (Å²) in [6.45, 7) is 15.0. The normalized spacial score (nSPS) is 11.9. The zero-order chi connectivity index (χ0) is 38.1. The fourth-order valence-corrected chi connectivity index (χ4v) is 7.34. The van der Waals surface area contributed by atoms with E-state index in [1.165, 1.54) is 82.0 Å². The van der Waals surface area contributed by atoms with Gasteiger partial charge in [0.25, 0.3) is 0 Å². The molecule has 0 aliphatic heterocycles. The van der Waals surface area contributed by atoms with Crippen molar-refractivity contribution in [2.24, 2.45) is 0 Å². The van der Waals surface area contributed by atoms with Gasteiger partial charge in [-0.3, -0.25) is 0 Å². The molecule has 0 amide bonds. The van der Waals surface area contributed by atoms with Crippen LogP contribution >= 0.6 is 0 Å². The molecule has 0 saturated heterocycles. The fraction of sp³-hybridized carbons (Fsp3) is 0.375. The maximum atomic E-state index is 11.7. The molecular weight excluding hydrogens is 655 g/mol. The minimum Gasteiger partial charge on any atom is -0.872 e. The highest BCUT2D eigenvalue weighted by atomic mass is 16.3. The van der Waals surface area contributed by atoms with Crippen LogP contribution in [0, 0.1) is 0 Å². The van der Waals surface area contributed by atoms with Crippen molar-refractivity contribution >= 4 is 0 Å². The lowest BCUT2D eigenvalue weighted by Crippen LogP contribution is -2.50. The van der Waals surface area contributed by atoms with Crippen LogP contribution in [0.4, 0.5) is 0 Å². The molecule has 1 unspecified atom stereocenters. The Kier molecular flexibility index (Phi) is 16.3. The molecule has 5 heteroatoms. The number of unbranched alkanes of at least 4 members (excludes halogenated alkanes) is 4. The molecule has 0 aliphatic rings. The molecule has 53 heavy (non-hydrogen) atoms. The Bertz CT molecular complexity index is 1490. The van der Waals surface area contributed by atoms with Crippen LogP contribution < -0.4 is 5.11 Å². The highest BCUT2D eigenvalue weighted by Gasteiger charge is 2.25. The Balaban J connectivity index is 0.000000313. The van der Waals surface area contributed by atoms with Crippen LogP contribution in [0.15, 0.2) is 121 Å². The lowest BCUT2D eigenvalue weighted by Gasteiger charge is -2.39. The second-order valence-corrected chi connectivity index (χ2v) is 14.5. The average Bonchev–Trinajstić information content (AvgIpc) is 3.18. The van der Waals surface area contributed by atoms with Gasteiger partial charge in [0.2, 0.25) is 0 Å². The Hall–Kier alpha value is -4.74. The highest BCUT2D eigenvalue weighted by Crippen LogP contribution is 2.37. The van der Waals surface area contributed by atoms with Gasteiger partial charge in [-0.25, -0.2) is 0 Å². The minimum atomic E-state index is -0.110. The van der Waals surface area contributed by atoms with Gasteiger partial charge in [0.1, 0.15) is 17.2 Å². The number of quaternary nitrogens is 1. The molecule has 0 saturated carbocycles. The van der Waals surface area contributed by atoms with E-state index in [2.05, 4.69) is 52.0 Å². The van der Waals surface area contributed by atoms with Crippen molar-refractivity contribution in [3.63, 3.8) is 0 Å². The Morgan fingerprint density at radius 3 is 0.811 bits per heavy atom. The predicted molar refractivity (Wildman–Crippen MR) is 218 cm³/mol. The Morgan fingerprint density at radius 1 is 0.377 bits per heavy atom. The smallest absolute Gasteiger partial charge is 0.115 e. The third-order valence-electron chi connectivity index (χ3n) is 10.4. The maximum absolute atomic E-state index is 11.7. The summed E-state index contributed by atoms with van der Waals surface area (Å²) in [5.41, 5.74) is 6.15. The van der Waals surface area contributed by atoms with Crippen molar-refractivity contribution in [1.29, 1.82) is 0 Å². The molecular formula is C48H61NO4. The molecule has 5 aromatic carbocycles. The second kappa shape index (κ2) is 21.1. The molecule has 0 radical (unpaired) electrons. The standard InChI is InChI=1S/C32H26O4.C16H36N/c33-27-13-5-23(6-14-27)31(24-7-15-28(34)16-8-24)21-1-2-22(4-3-21)32(25-9-17-29(35)18-10-25)26-11-19-30(36)20-12-26;1-5-9-13-17(14-10-6-2,15-11-7-3)16-12-8-4/h1-20,31-36H;5-16H2,1-4H3/q;+1/p-1. The van der Waals surface area contributed by atoms with Gasteiger partial charge < -0.3 is 24.9 Å². The van der Waals surface area contributed by atoms with Gasteiger partial charge in [0.05, 0.1) is 26.2 Å². The van der Waals surface area contributed by atoms with Crippen molar-refractivity contribution < 1.29 is 24.9 Å². The fourth-order valence-electron chi connectivity index (χ4n) is 7.34.